The van der Waals surface area contributed by atoms with Crippen LogP contribution >= 0.6 is 0 Å². The van der Waals surface area contributed by atoms with Crippen molar-refractivity contribution in [3.8, 4) is 0 Å². The molecule has 0 aliphatic heterocycles. The highest BCUT2D eigenvalue weighted by atomic mass is 16.1. The maximum Gasteiger partial charge on any atom is 0.194 e. The largest absolute Gasteiger partial charge is 0.360 e. The van der Waals surface area contributed by atoms with Crippen LogP contribution in [0.5, 0.6) is 0 Å². The molecule has 0 aliphatic rings. The Kier molecular flexibility index (Phi) is 3.95. The lowest BCUT2D eigenvalue weighted by Crippen LogP contribution is -2.18. The van der Waals surface area contributed by atoms with Crippen LogP contribution in [0.2, 0.25) is 0 Å². The van der Waals surface area contributed by atoms with E-state index in [2.05, 4.69) is 11.9 Å². The van der Waals surface area contributed by atoms with Gasteiger partial charge in [-0.05, 0) is 26.0 Å². The van der Waals surface area contributed by atoms with Crippen LogP contribution in [-0.4, -0.2) is 24.4 Å². The maximum absolute atomic E-state index is 12.4. The molecule has 0 bridgehead atoms. The number of hydrogen-bond acceptors (Lipinski definition) is 3. The molecule has 0 amide bonds. The molecule has 0 atom stereocenters. The zero-order chi connectivity index (χ0) is 13.8. The van der Waals surface area contributed by atoms with E-state index < -0.39 is 0 Å². The molecule has 2 rings (SSSR count). The van der Waals surface area contributed by atoms with Crippen molar-refractivity contribution >= 4 is 11.6 Å². The molecule has 0 unspecified atom stereocenters. The molecular formula is C16H18N2O. The van der Waals surface area contributed by atoms with E-state index >= 15 is 0 Å². The molecule has 0 saturated heterocycles. The van der Waals surface area contributed by atoms with Gasteiger partial charge in [0.25, 0.3) is 0 Å². The first-order chi connectivity index (χ1) is 9.13. The van der Waals surface area contributed by atoms with Crippen molar-refractivity contribution in [3.05, 3.63) is 59.3 Å². The lowest BCUT2D eigenvalue weighted by molar-refractivity contribution is 0.103. The van der Waals surface area contributed by atoms with Crippen molar-refractivity contribution in [1.29, 1.82) is 0 Å². The number of anilines is 1. The summed E-state index contributed by atoms with van der Waals surface area (Å²) < 4.78 is 0. The summed E-state index contributed by atoms with van der Waals surface area (Å²) in [5.74, 6) is 0.918. The number of rotatable bonds is 4. The lowest BCUT2D eigenvalue weighted by Gasteiger charge is -2.16. The van der Waals surface area contributed by atoms with Crippen LogP contribution in [0.4, 0.5) is 5.82 Å². The fraction of sp³-hybridized carbons (Fsp3) is 0.250. The summed E-state index contributed by atoms with van der Waals surface area (Å²) in [6.45, 7) is 4.83. The highest BCUT2D eigenvalue weighted by Gasteiger charge is 2.13. The summed E-state index contributed by atoms with van der Waals surface area (Å²) in [7, 11) is 1.99. The summed E-state index contributed by atoms with van der Waals surface area (Å²) in [5, 5.41) is 0. The van der Waals surface area contributed by atoms with E-state index in [1.54, 1.807) is 0 Å². The van der Waals surface area contributed by atoms with Crippen molar-refractivity contribution in [1.82, 2.24) is 4.98 Å². The molecule has 3 heteroatoms. The smallest absolute Gasteiger partial charge is 0.194 e. The third-order valence-corrected chi connectivity index (χ3v) is 3.22. The van der Waals surface area contributed by atoms with Crippen LogP contribution in [0.3, 0.4) is 0 Å². The van der Waals surface area contributed by atoms with Crippen molar-refractivity contribution in [2.75, 3.05) is 18.5 Å². The van der Waals surface area contributed by atoms with Crippen molar-refractivity contribution < 1.29 is 4.79 Å². The van der Waals surface area contributed by atoms with Gasteiger partial charge in [-0.2, -0.15) is 0 Å². The Morgan fingerprint density at radius 2 is 1.84 bits per heavy atom. The zero-order valence-corrected chi connectivity index (χ0v) is 11.6. The van der Waals surface area contributed by atoms with Crippen molar-refractivity contribution in [2.24, 2.45) is 0 Å². The van der Waals surface area contributed by atoms with E-state index in [0.717, 1.165) is 18.1 Å². The molecule has 3 nitrogen and oxygen atoms in total. The van der Waals surface area contributed by atoms with Gasteiger partial charge in [0.1, 0.15) is 5.82 Å². The Hall–Kier alpha value is -2.16. The van der Waals surface area contributed by atoms with E-state index in [0.29, 0.717) is 11.1 Å². The summed E-state index contributed by atoms with van der Waals surface area (Å²) in [6, 6.07) is 13.1. The summed E-state index contributed by atoms with van der Waals surface area (Å²) >= 11 is 0. The second kappa shape index (κ2) is 5.65. The van der Waals surface area contributed by atoms with Gasteiger partial charge in [-0.3, -0.25) is 4.79 Å². The Labute approximate surface area is 113 Å². The Morgan fingerprint density at radius 3 is 2.42 bits per heavy atom. The predicted molar refractivity (Wildman–Crippen MR) is 77.8 cm³/mol. The van der Waals surface area contributed by atoms with Crippen LogP contribution in [-0.2, 0) is 0 Å². The van der Waals surface area contributed by atoms with Gasteiger partial charge in [0.05, 0.1) is 5.69 Å². The predicted octanol–water partition coefficient (Wildman–Crippen LogP) is 3.08. The highest BCUT2D eigenvalue weighted by Crippen LogP contribution is 2.17. The minimum Gasteiger partial charge on any atom is -0.360 e. The normalized spacial score (nSPS) is 10.3. The molecular weight excluding hydrogens is 236 g/mol. The number of benzene rings is 1. The molecule has 2 aromatic rings. The molecule has 1 aromatic heterocycles. The Morgan fingerprint density at radius 1 is 1.16 bits per heavy atom. The number of pyridine rings is 1. The molecule has 0 radical (unpaired) electrons. The fourth-order valence-corrected chi connectivity index (χ4v) is 1.91. The number of carbonyl (C=O) groups excluding carboxylic acids is 1. The van der Waals surface area contributed by atoms with Crippen LogP contribution < -0.4 is 4.90 Å². The monoisotopic (exact) mass is 254 g/mol. The van der Waals surface area contributed by atoms with Crippen LogP contribution in [0.25, 0.3) is 0 Å². The second-order valence-electron chi connectivity index (χ2n) is 4.51. The number of nitrogens with zero attached hydrogens (tertiary/aromatic N) is 2. The van der Waals surface area contributed by atoms with Gasteiger partial charge >= 0.3 is 0 Å². The summed E-state index contributed by atoms with van der Waals surface area (Å²) in [4.78, 5) is 18.9. The number of carbonyl (C=O) groups is 1. The standard InChI is InChI=1S/C16H18N2O/c1-4-18(3)15-11-10-14(12(2)17-15)16(19)13-8-6-5-7-9-13/h5-11H,4H2,1-3H3. The first-order valence-corrected chi connectivity index (χ1v) is 6.42. The van der Waals surface area contributed by atoms with Gasteiger partial charge in [0, 0.05) is 24.7 Å². The van der Waals surface area contributed by atoms with Crippen LogP contribution in [0, 0.1) is 6.92 Å². The highest BCUT2D eigenvalue weighted by molar-refractivity contribution is 6.09. The van der Waals surface area contributed by atoms with Crippen LogP contribution in [0.15, 0.2) is 42.5 Å². The van der Waals surface area contributed by atoms with E-state index in [9.17, 15) is 4.79 Å². The molecule has 1 aromatic carbocycles. The molecule has 0 spiro atoms. The van der Waals surface area contributed by atoms with E-state index in [1.165, 1.54) is 0 Å². The van der Waals surface area contributed by atoms with E-state index in [1.807, 2.05) is 61.3 Å². The number of hydrogen-bond donors (Lipinski definition) is 0. The van der Waals surface area contributed by atoms with Gasteiger partial charge in [-0.1, -0.05) is 30.3 Å². The average Bonchev–Trinajstić information content (AvgIpc) is 2.46. The summed E-state index contributed by atoms with van der Waals surface area (Å²) in [5.41, 5.74) is 2.13. The maximum atomic E-state index is 12.4. The molecule has 0 N–H and O–H groups in total. The zero-order valence-electron chi connectivity index (χ0n) is 11.6. The van der Waals surface area contributed by atoms with E-state index in [4.69, 9.17) is 0 Å². The summed E-state index contributed by atoms with van der Waals surface area (Å²) in [6.07, 6.45) is 0. The topological polar surface area (TPSA) is 33.2 Å². The molecule has 1 heterocycles. The molecule has 98 valence electrons. The third-order valence-electron chi connectivity index (χ3n) is 3.22. The Balaban J connectivity index is 2.34. The number of ketones is 1. The number of aryl methyl sites for hydroxylation is 1. The van der Waals surface area contributed by atoms with Gasteiger partial charge in [0.2, 0.25) is 0 Å². The molecule has 0 fully saturated rings. The SMILES string of the molecule is CCN(C)c1ccc(C(=O)c2ccccc2)c(C)n1. The van der Waals surface area contributed by atoms with Gasteiger partial charge in [-0.15, -0.1) is 0 Å². The first-order valence-electron chi connectivity index (χ1n) is 6.42. The molecule has 0 aliphatic carbocycles. The number of aromatic nitrogens is 1. The minimum absolute atomic E-state index is 0.0244. The lowest BCUT2D eigenvalue weighted by atomic mass is 10.0. The fourth-order valence-electron chi connectivity index (χ4n) is 1.91. The minimum atomic E-state index is 0.0244. The Bertz CT molecular complexity index is 579. The van der Waals surface area contributed by atoms with Gasteiger partial charge in [-0.25, -0.2) is 4.98 Å². The average molecular weight is 254 g/mol. The van der Waals surface area contributed by atoms with Gasteiger partial charge < -0.3 is 4.90 Å². The van der Waals surface area contributed by atoms with Crippen molar-refractivity contribution in [2.45, 2.75) is 13.8 Å². The van der Waals surface area contributed by atoms with Crippen LogP contribution in [0.1, 0.15) is 28.5 Å². The first kappa shape index (κ1) is 13.3. The molecule has 19 heavy (non-hydrogen) atoms. The quantitative estimate of drug-likeness (QED) is 0.786. The van der Waals surface area contributed by atoms with E-state index in [-0.39, 0.29) is 5.78 Å². The van der Waals surface area contributed by atoms with Crippen molar-refractivity contribution in [3.63, 3.8) is 0 Å². The third kappa shape index (κ3) is 2.81. The second-order valence-corrected chi connectivity index (χ2v) is 4.51. The molecule has 0 saturated carbocycles. The van der Waals surface area contributed by atoms with Gasteiger partial charge in [0.15, 0.2) is 5.78 Å².